The lowest BCUT2D eigenvalue weighted by atomic mass is 10.1. The normalized spacial score (nSPS) is 15.0. The number of aliphatic hydroxyl groups is 1. The van der Waals surface area contributed by atoms with Crippen LogP contribution in [-0.4, -0.2) is 10.4 Å². The standard InChI is InChI=1S/C12H17FOS/c1-4-8(2)15-12-6-5-10(13)7-11(12)9(3)14/h5-9,14H,4H2,1-3H3/t8?,9-/m0/s1. The van der Waals surface area contributed by atoms with Crippen molar-refractivity contribution in [1.82, 2.24) is 0 Å². The van der Waals surface area contributed by atoms with Gasteiger partial charge in [-0.05, 0) is 37.1 Å². The first kappa shape index (κ1) is 12.5. The lowest BCUT2D eigenvalue weighted by molar-refractivity contribution is 0.196. The van der Waals surface area contributed by atoms with Crippen molar-refractivity contribution in [2.24, 2.45) is 0 Å². The average molecular weight is 228 g/mol. The maximum absolute atomic E-state index is 13.0. The summed E-state index contributed by atoms with van der Waals surface area (Å²) in [6.07, 6.45) is 0.439. The summed E-state index contributed by atoms with van der Waals surface area (Å²) in [6.45, 7) is 5.90. The molecule has 0 radical (unpaired) electrons. The smallest absolute Gasteiger partial charge is 0.123 e. The summed E-state index contributed by atoms with van der Waals surface area (Å²) in [7, 11) is 0. The van der Waals surface area contributed by atoms with E-state index in [-0.39, 0.29) is 5.82 Å². The van der Waals surface area contributed by atoms with Gasteiger partial charge in [-0.3, -0.25) is 0 Å². The van der Waals surface area contributed by atoms with Crippen molar-refractivity contribution in [1.29, 1.82) is 0 Å². The third-order valence-electron chi connectivity index (χ3n) is 2.32. The largest absolute Gasteiger partial charge is 0.389 e. The van der Waals surface area contributed by atoms with E-state index < -0.39 is 6.10 Å². The van der Waals surface area contributed by atoms with Crippen LogP contribution in [0.3, 0.4) is 0 Å². The summed E-state index contributed by atoms with van der Waals surface area (Å²) < 4.78 is 13.0. The lowest BCUT2D eigenvalue weighted by Crippen LogP contribution is -1.99. The molecule has 84 valence electrons. The molecule has 0 aliphatic heterocycles. The monoisotopic (exact) mass is 228 g/mol. The highest BCUT2D eigenvalue weighted by molar-refractivity contribution is 8.00. The Morgan fingerprint density at radius 1 is 1.40 bits per heavy atom. The third kappa shape index (κ3) is 3.50. The Bertz CT molecular complexity index is 325. The maximum atomic E-state index is 13.0. The second-order valence-electron chi connectivity index (χ2n) is 3.69. The summed E-state index contributed by atoms with van der Waals surface area (Å²) in [5.74, 6) is -0.292. The van der Waals surface area contributed by atoms with Crippen molar-refractivity contribution >= 4 is 11.8 Å². The van der Waals surface area contributed by atoms with E-state index in [0.29, 0.717) is 10.8 Å². The number of hydrogen-bond donors (Lipinski definition) is 1. The van der Waals surface area contributed by atoms with E-state index >= 15 is 0 Å². The molecular formula is C12H17FOS. The van der Waals surface area contributed by atoms with Gasteiger partial charge in [-0.25, -0.2) is 4.39 Å². The van der Waals surface area contributed by atoms with Crippen LogP contribution >= 0.6 is 11.8 Å². The van der Waals surface area contributed by atoms with E-state index in [4.69, 9.17) is 0 Å². The van der Waals surface area contributed by atoms with Crippen LogP contribution in [0.4, 0.5) is 4.39 Å². The van der Waals surface area contributed by atoms with Gasteiger partial charge in [0.15, 0.2) is 0 Å². The zero-order valence-corrected chi connectivity index (χ0v) is 10.1. The van der Waals surface area contributed by atoms with Crippen LogP contribution in [0.15, 0.2) is 23.1 Å². The Morgan fingerprint density at radius 2 is 2.07 bits per heavy atom. The van der Waals surface area contributed by atoms with Gasteiger partial charge in [0.25, 0.3) is 0 Å². The zero-order valence-electron chi connectivity index (χ0n) is 9.33. The molecule has 15 heavy (non-hydrogen) atoms. The molecule has 1 aromatic rings. The molecule has 1 rings (SSSR count). The minimum Gasteiger partial charge on any atom is -0.389 e. The van der Waals surface area contributed by atoms with Crippen molar-refractivity contribution < 1.29 is 9.50 Å². The van der Waals surface area contributed by atoms with E-state index in [1.54, 1.807) is 24.8 Å². The molecule has 0 aliphatic carbocycles. The molecule has 0 aromatic heterocycles. The van der Waals surface area contributed by atoms with E-state index in [0.717, 1.165) is 11.3 Å². The Hall–Kier alpha value is -0.540. The van der Waals surface area contributed by atoms with Gasteiger partial charge in [0.05, 0.1) is 6.10 Å². The number of aliphatic hydroxyl groups excluding tert-OH is 1. The molecule has 0 spiro atoms. The summed E-state index contributed by atoms with van der Waals surface area (Å²) in [6, 6.07) is 4.60. The van der Waals surface area contributed by atoms with Gasteiger partial charge in [-0.1, -0.05) is 13.8 Å². The Balaban J connectivity index is 2.95. The summed E-state index contributed by atoms with van der Waals surface area (Å²) in [4.78, 5) is 0.973. The molecule has 0 saturated carbocycles. The summed E-state index contributed by atoms with van der Waals surface area (Å²) >= 11 is 1.68. The Kier molecular flexibility index (Phi) is 4.61. The molecule has 0 amide bonds. The van der Waals surface area contributed by atoms with Crippen LogP contribution in [0.25, 0.3) is 0 Å². The lowest BCUT2D eigenvalue weighted by Gasteiger charge is -2.14. The van der Waals surface area contributed by atoms with Crippen LogP contribution in [0.5, 0.6) is 0 Å². The van der Waals surface area contributed by atoms with E-state index in [9.17, 15) is 9.50 Å². The van der Waals surface area contributed by atoms with Crippen molar-refractivity contribution in [3.8, 4) is 0 Å². The molecule has 2 atom stereocenters. The fraction of sp³-hybridized carbons (Fsp3) is 0.500. The van der Waals surface area contributed by atoms with Crippen molar-refractivity contribution in [2.75, 3.05) is 0 Å². The Labute approximate surface area is 94.7 Å². The maximum Gasteiger partial charge on any atom is 0.123 e. The average Bonchev–Trinajstić information content (AvgIpc) is 2.20. The minimum absolute atomic E-state index is 0.292. The van der Waals surface area contributed by atoms with Crippen molar-refractivity contribution in [2.45, 2.75) is 43.4 Å². The number of halogens is 1. The summed E-state index contributed by atoms with van der Waals surface area (Å²) in [5, 5.41) is 10.0. The predicted molar refractivity (Wildman–Crippen MR) is 62.6 cm³/mol. The highest BCUT2D eigenvalue weighted by atomic mass is 32.2. The first-order valence-corrected chi connectivity index (χ1v) is 6.06. The fourth-order valence-electron chi connectivity index (χ4n) is 1.25. The number of benzene rings is 1. The molecule has 0 fully saturated rings. The molecule has 1 unspecified atom stereocenters. The highest BCUT2D eigenvalue weighted by Crippen LogP contribution is 2.32. The second kappa shape index (κ2) is 5.52. The molecule has 0 bridgehead atoms. The molecular weight excluding hydrogens is 211 g/mol. The SMILES string of the molecule is CCC(C)Sc1ccc(F)cc1[C@H](C)O. The van der Waals surface area contributed by atoms with E-state index in [1.807, 2.05) is 0 Å². The molecule has 3 heteroatoms. The van der Waals surface area contributed by atoms with Crippen LogP contribution in [-0.2, 0) is 0 Å². The van der Waals surface area contributed by atoms with E-state index in [1.165, 1.54) is 12.1 Å². The quantitative estimate of drug-likeness (QED) is 0.792. The number of thioether (sulfide) groups is 1. The molecule has 1 nitrogen and oxygen atoms in total. The third-order valence-corrected chi connectivity index (χ3v) is 3.69. The first-order valence-electron chi connectivity index (χ1n) is 5.18. The molecule has 0 aliphatic rings. The Morgan fingerprint density at radius 3 is 2.60 bits per heavy atom. The molecule has 0 saturated heterocycles. The molecule has 0 heterocycles. The topological polar surface area (TPSA) is 20.2 Å². The van der Waals surface area contributed by atoms with Crippen LogP contribution < -0.4 is 0 Å². The van der Waals surface area contributed by atoms with Crippen LogP contribution in [0, 0.1) is 5.82 Å². The minimum atomic E-state index is -0.618. The predicted octanol–water partition coefficient (Wildman–Crippen LogP) is 3.77. The van der Waals surface area contributed by atoms with Crippen molar-refractivity contribution in [3.05, 3.63) is 29.6 Å². The number of hydrogen-bond acceptors (Lipinski definition) is 2. The summed E-state index contributed by atoms with van der Waals surface area (Å²) in [5.41, 5.74) is 0.681. The van der Waals surface area contributed by atoms with Gasteiger partial charge < -0.3 is 5.11 Å². The van der Waals surface area contributed by atoms with Gasteiger partial charge in [-0.2, -0.15) is 0 Å². The molecule has 1 aromatic carbocycles. The van der Waals surface area contributed by atoms with Gasteiger partial charge in [0, 0.05) is 10.1 Å². The highest BCUT2D eigenvalue weighted by Gasteiger charge is 2.11. The zero-order chi connectivity index (χ0) is 11.4. The van der Waals surface area contributed by atoms with Crippen molar-refractivity contribution in [3.63, 3.8) is 0 Å². The van der Waals surface area contributed by atoms with Crippen LogP contribution in [0.1, 0.15) is 38.9 Å². The second-order valence-corrected chi connectivity index (χ2v) is 5.18. The fourth-order valence-corrected chi connectivity index (χ4v) is 2.37. The number of rotatable bonds is 4. The van der Waals surface area contributed by atoms with E-state index in [2.05, 4.69) is 13.8 Å². The molecule has 1 N–H and O–H groups in total. The van der Waals surface area contributed by atoms with Gasteiger partial charge >= 0.3 is 0 Å². The van der Waals surface area contributed by atoms with Crippen LogP contribution in [0.2, 0.25) is 0 Å². The van der Waals surface area contributed by atoms with Gasteiger partial charge in [0.2, 0.25) is 0 Å². The first-order chi connectivity index (χ1) is 7.04. The van der Waals surface area contributed by atoms with Gasteiger partial charge in [0.1, 0.15) is 5.82 Å². The van der Waals surface area contributed by atoms with Gasteiger partial charge in [-0.15, -0.1) is 11.8 Å².